The molecular weight excluding hydrogens is 253 g/mol. The fourth-order valence-corrected chi connectivity index (χ4v) is 2.73. The van der Waals surface area contributed by atoms with Crippen LogP contribution in [0.2, 0.25) is 0 Å². The van der Waals surface area contributed by atoms with Gasteiger partial charge >= 0.3 is 6.18 Å². The Hall–Kier alpha value is 0.0400. The van der Waals surface area contributed by atoms with E-state index in [1.165, 1.54) is 12.8 Å². The van der Waals surface area contributed by atoms with E-state index in [2.05, 4.69) is 4.74 Å². The van der Waals surface area contributed by atoms with Gasteiger partial charge in [-0.3, -0.25) is 0 Å². The van der Waals surface area contributed by atoms with E-state index in [-0.39, 0.29) is 12.0 Å². The molecule has 0 aromatic carbocycles. The molecule has 1 nitrogen and oxygen atoms in total. The molecule has 5 heteroatoms. The van der Waals surface area contributed by atoms with Crippen LogP contribution in [-0.2, 0) is 4.74 Å². The lowest BCUT2D eigenvalue weighted by Gasteiger charge is -2.16. The number of hydrogen-bond acceptors (Lipinski definition) is 1. The summed E-state index contributed by atoms with van der Waals surface area (Å²) < 4.78 is 40.0. The van der Waals surface area contributed by atoms with E-state index in [1.54, 1.807) is 0 Å². The summed E-state index contributed by atoms with van der Waals surface area (Å²) in [5, 5.41) is 0.249. The molecule has 1 aliphatic carbocycles. The van der Waals surface area contributed by atoms with Crippen molar-refractivity contribution in [2.45, 2.75) is 56.5 Å². The fourth-order valence-electron chi connectivity index (χ4n) is 2.32. The molecule has 2 unspecified atom stereocenters. The van der Waals surface area contributed by atoms with Crippen LogP contribution in [0.4, 0.5) is 13.2 Å². The van der Waals surface area contributed by atoms with Crippen molar-refractivity contribution in [2.24, 2.45) is 5.92 Å². The van der Waals surface area contributed by atoms with E-state index >= 15 is 0 Å². The van der Waals surface area contributed by atoms with Crippen LogP contribution in [0.25, 0.3) is 0 Å². The quantitative estimate of drug-likeness (QED) is 0.406. The second kappa shape index (κ2) is 7.47. The summed E-state index contributed by atoms with van der Waals surface area (Å²) in [5.74, 6) is 0.564. The van der Waals surface area contributed by atoms with Gasteiger partial charge in [0, 0.05) is 12.0 Å². The Kier molecular flexibility index (Phi) is 6.63. The molecule has 0 saturated heterocycles. The van der Waals surface area contributed by atoms with Crippen molar-refractivity contribution in [1.29, 1.82) is 0 Å². The highest BCUT2D eigenvalue weighted by Gasteiger charge is 2.27. The first-order valence-corrected chi connectivity index (χ1v) is 6.69. The lowest BCUT2D eigenvalue weighted by molar-refractivity contribution is -0.174. The highest BCUT2D eigenvalue weighted by atomic mass is 35.5. The van der Waals surface area contributed by atoms with Crippen LogP contribution in [0.1, 0.15) is 44.9 Å². The smallest absolute Gasteiger partial charge is 0.372 e. The molecule has 0 radical (unpaired) electrons. The zero-order valence-corrected chi connectivity index (χ0v) is 10.7. The normalized spacial score (nSPS) is 26.8. The number of hydrogen-bond donors (Lipinski definition) is 0. The molecule has 2 atom stereocenters. The van der Waals surface area contributed by atoms with Gasteiger partial charge < -0.3 is 4.74 Å². The molecule has 0 bridgehead atoms. The third kappa shape index (κ3) is 7.87. The largest absolute Gasteiger partial charge is 0.411 e. The summed E-state index contributed by atoms with van der Waals surface area (Å²) in [5.41, 5.74) is 0. The zero-order chi connectivity index (χ0) is 12.7. The van der Waals surface area contributed by atoms with Gasteiger partial charge in [-0.2, -0.15) is 13.2 Å². The van der Waals surface area contributed by atoms with Gasteiger partial charge in [-0.25, -0.2) is 0 Å². The van der Waals surface area contributed by atoms with Crippen molar-refractivity contribution in [3.63, 3.8) is 0 Å². The maximum absolute atomic E-state index is 11.8. The van der Waals surface area contributed by atoms with Gasteiger partial charge in [0.25, 0.3) is 0 Å². The van der Waals surface area contributed by atoms with Crippen molar-refractivity contribution in [3.8, 4) is 0 Å². The second-order valence-corrected chi connectivity index (χ2v) is 5.41. The minimum absolute atomic E-state index is 0.197. The minimum atomic E-state index is -4.20. The van der Waals surface area contributed by atoms with Crippen molar-refractivity contribution in [3.05, 3.63) is 0 Å². The van der Waals surface area contributed by atoms with E-state index in [1.807, 2.05) is 0 Å². The molecule has 0 spiro atoms. The molecule has 0 aliphatic heterocycles. The predicted octanol–water partition coefficient (Wildman–Crippen LogP) is 4.53. The van der Waals surface area contributed by atoms with Gasteiger partial charge in [0.1, 0.15) is 6.61 Å². The summed E-state index contributed by atoms with van der Waals surface area (Å²) in [6, 6.07) is 0. The number of alkyl halides is 4. The van der Waals surface area contributed by atoms with Crippen molar-refractivity contribution >= 4 is 11.6 Å². The van der Waals surface area contributed by atoms with Gasteiger partial charge in [-0.1, -0.05) is 19.3 Å². The van der Waals surface area contributed by atoms with Gasteiger partial charge in [-0.05, 0) is 31.6 Å². The highest BCUT2D eigenvalue weighted by molar-refractivity contribution is 6.20. The van der Waals surface area contributed by atoms with Crippen LogP contribution in [0, 0.1) is 5.92 Å². The lowest BCUT2D eigenvalue weighted by atomic mass is 9.95. The lowest BCUT2D eigenvalue weighted by Crippen LogP contribution is -2.17. The van der Waals surface area contributed by atoms with Crippen molar-refractivity contribution < 1.29 is 17.9 Å². The van der Waals surface area contributed by atoms with Crippen LogP contribution in [0.15, 0.2) is 0 Å². The molecule has 0 heterocycles. The molecule has 1 rings (SSSR count). The maximum atomic E-state index is 11.8. The summed E-state index contributed by atoms with van der Waals surface area (Å²) in [7, 11) is 0. The third-order valence-corrected chi connectivity index (χ3v) is 3.53. The topological polar surface area (TPSA) is 9.23 Å². The molecule has 0 amide bonds. The fraction of sp³-hybridized carbons (Fsp3) is 1.00. The highest BCUT2D eigenvalue weighted by Crippen LogP contribution is 2.29. The average Bonchev–Trinajstić information content (AvgIpc) is 2.40. The van der Waals surface area contributed by atoms with E-state index in [0.717, 1.165) is 25.7 Å². The molecule has 0 N–H and O–H groups in total. The second-order valence-electron chi connectivity index (χ2n) is 4.79. The predicted molar refractivity (Wildman–Crippen MR) is 62.3 cm³/mol. The maximum Gasteiger partial charge on any atom is 0.411 e. The number of halogens is 4. The minimum Gasteiger partial charge on any atom is -0.372 e. The first kappa shape index (κ1) is 15.1. The van der Waals surface area contributed by atoms with Crippen molar-refractivity contribution in [2.75, 3.05) is 13.2 Å². The van der Waals surface area contributed by atoms with E-state index in [4.69, 9.17) is 11.6 Å². The molecule has 1 saturated carbocycles. The van der Waals surface area contributed by atoms with Crippen molar-refractivity contribution in [1.82, 2.24) is 0 Å². The Balaban J connectivity index is 2.05. The molecule has 0 aromatic heterocycles. The van der Waals surface area contributed by atoms with Crippen LogP contribution >= 0.6 is 11.6 Å². The molecule has 1 aliphatic rings. The summed E-state index contributed by atoms with van der Waals surface area (Å²) in [4.78, 5) is 0. The summed E-state index contributed by atoms with van der Waals surface area (Å²) >= 11 is 6.14. The summed E-state index contributed by atoms with van der Waals surface area (Å²) in [6.07, 6.45) is 3.02. The molecule has 102 valence electrons. The Morgan fingerprint density at radius 1 is 1.18 bits per heavy atom. The Bertz CT molecular complexity index is 208. The Morgan fingerprint density at radius 3 is 2.59 bits per heavy atom. The molecular formula is C12H20ClF3O. The first-order chi connectivity index (χ1) is 7.97. The first-order valence-electron chi connectivity index (χ1n) is 6.26. The standard InChI is InChI=1S/C12H20ClF3O/c13-11-6-2-1-4-10(8-11)5-3-7-17-9-12(14,15)16/h10-11H,1-9H2. The molecule has 1 fully saturated rings. The summed E-state index contributed by atoms with van der Waals surface area (Å²) in [6.45, 7) is -0.932. The Morgan fingerprint density at radius 2 is 1.88 bits per heavy atom. The van der Waals surface area contributed by atoms with Crippen LogP contribution in [-0.4, -0.2) is 24.8 Å². The Labute approximate surface area is 106 Å². The van der Waals surface area contributed by atoms with Gasteiger partial charge in [-0.15, -0.1) is 11.6 Å². The van der Waals surface area contributed by atoms with Gasteiger partial charge in [0.15, 0.2) is 0 Å². The van der Waals surface area contributed by atoms with Crippen LogP contribution in [0.3, 0.4) is 0 Å². The average molecular weight is 273 g/mol. The number of ether oxygens (including phenoxy) is 1. The van der Waals surface area contributed by atoms with Gasteiger partial charge in [0.05, 0.1) is 0 Å². The zero-order valence-electron chi connectivity index (χ0n) is 9.94. The van der Waals surface area contributed by atoms with Crippen LogP contribution < -0.4 is 0 Å². The van der Waals surface area contributed by atoms with Crippen LogP contribution in [0.5, 0.6) is 0 Å². The SMILES string of the molecule is FC(F)(F)COCCCC1CCCCC(Cl)C1. The molecule has 0 aromatic rings. The number of rotatable bonds is 5. The van der Waals surface area contributed by atoms with Gasteiger partial charge in [0.2, 0.25) is 0 Å². The van der Waals surface area contributed by atoms with E-state index < -0.39 is 12.8 Å². The van der Waals surface area contributed by atoms with E-state index in [9.17, 15) is 13.2 Å². The van der Waals surface area contributed by atoms with E-state index in [0.29, 0.717) is 12.3 Å². The molecule has 17 heavy (non-hydrogen) atoms. The third-order valence-electron chi connectivity index (χ3n) is 3.14. The monoisotopic (exact) mass is 272 g/mol.